The van der Waals surface area contributed by atoms with Crippen molar-refractivity contribution in [1.29, 1.82) is 5.26 Å². The van der Waals surface area contributed by atoms with Crippen LogP contribution in [0.3, 0.4) is 0 Å². The van der Waals surface area contributed by atoms with Crippen molar-refractivity contribution in [2.45, 2.75) is 0 Å². The number of anilines is 1. The van der Waals surface area contributed by atoms with Crippen LogP contribution in [0.1, 0.15) is 0 Å². The first-order valence-corrected chi connectivity index (χ1v) is 3.53. The summed E-state index contributed by atoms with van der Waals surface area (Å²) >= 11 is 0. The average molecular weight is 158 g/mol. The third-order valence-corrected chi connectivity index (χ3v) is 1.79. The highest BCUT2D eigenvalue weighted by atomic mass is 16.1. The van der Waals surface area contributed by atoms with E-state index in [-0.39, 0.29) is 5.81 Å². The van der Waals surface area contributed by atoms with Crippen molar-refractivity contribution < 1.29 is 9.27 Å². The molecule has 1 N–H and O–H groups in total. The number of pyridine rings is 1. The zero-order chi connectivity index (χ0) is 8.55. The van der Waals surface area contributed by atoms with Gasteiger partial charge < -0.3 is 4.48 Å². The van der Waals surface area contributed by atoms with Crippen LogP contribution in [0, 0.1) is 11.2 Å². The zero-order valence-electron chi connectivity index (χ0n) is 6.19. The second-order valence-electron chi connectivity index (χ2n) is 2.51. The van der Waals surface area contributed by atoms with E-state index in [2.05, 4.69) is 5.32 Å². The van der Waals surface area contributed by atoms with E-state index in [0.29, 0.717) is 5.82 Å². The summed E-state index contributed by atoms with van der Waals surface area (Å²) in [5.41, 5.74) is 0. The summed E-state index contributed by atoms with van der Waals surface area (Å²) < 4.78 is 1.61. The molecule has 0 saturated heterocycles. The summed E-state index contributed by atoms with van der Waals surface area (Å²) in [4.78, 5) is 11.1. The Balaban J connectivity index is 2.56. The van der Waals surface area contributed by atoms with Crippen molar-refractivity contribution in [2.24, 2.45) is 0 Å². The number of fused-ring (bicyclic) bond motifs is 1. The van der Waals surface area contributed by atoms with Gasteiger partial charge in [0.15, 0.2) is 5.81 Å². The fourth-order valence-corrected chi connectivity index (χ4v) is 1.23. The molecule has 57 valence electrons. The third-order valence-electron chi connectivity index (χ3n) is 1.79. The van der Waals surface area contributed by atoms with Gasteiger partial charge in [-0.3, -0.25) is 4.79 Å². The number of hydrogen-bond acceptors (Lipinski definition) is 2. The Morgan fingerprint density at radius 3 is 3.17 bits per heavy atom. The lowest BCUT2D eigenvalue weighted by Gasteiger charge is -2.03. The Bertz CT molecular complexity index is 384. The van der Waals surface area contributed by atoms with E-state index >= 15 is 0 Å². The minimum atomic E-state index is -0.707. The van der Waals surface area contributed by atoms with Crippen LogP contribution in [0.25, 0.3) is 0 Å². The molecule has 12 heavy (non-hydrogen) atoms. The summed E-state index contributed by atoms with van der Waals surface area (Å²) in [7, 11) is 0. The van der Waals surface area contributed by atoms with Crippen LogP contribution in [0.2, 0.25) is 0 Å². The van der Waals surface area contributed by atoms with E-state index in [4.69, 9.17) is 5.26 Å². The van der Waals surface area contributed by atoms with Crippen molar-refractivity contribution in [2.75, 3.05) is 5.32 Å². The maximum Gasteiger partial charge on any atom is 0.335 e. The predicted molar refractivity (Wildman–Crippen MR) is 42.4 cm³/mol. The Morgan fingerprint density at radius 2 is 2.42 bits per heavy atom. The topological polar surface area (TPSA) is 56.8 Å². The minimum Gasteiger partial charge on any atom is -0.430 e. The summed E-state index contributed by atoms with van der Waals surface area (Å²) in [5.74, 6) is 2.34. The molecule has 2 heterocycles. The van der Waals surface area contributed by atoms with Gasteiger partial charge >= 0.3 is 6.85 Å². The molecule has 0 saturated carbocycles. The molecule has 0 aromatic carbocycles. The summed E-state index contributed by atoms with van der Waals surface area (Å²) in [6.45, 7) is -0.707. The monoisotopic (exact) mass is 158 g/mol. The Morgan fingerprint density at radius 1 is 1.58 bits per heavy atom. The van der Waals surface area contributed by atoms with E-state index < -0.39 is 6.85 Å². The van der Waals surface area contributed by atoms with E-state index in [1.165, 1.54) is 0 Å². The normalized spacial score (nSPS) is 15.1. The molecule has 0 atom stereocenters. The Labute approximate surface area is 69.5 Å². The standard InChI is InChI=1S/C7H4BN3O/c9-5-8-7(12)10-6-3-1-2-4-11(6)8/h1-4H/q-1/p+1. The first-order valence-electron chi connectivity index (χ1n) is 3.53. The molecule has 4 nitrogen and oxygen atoms in total. The SMILES string of the molecule is N#C[B-]1C(=O)Nc2cccc[n+]21. The largest absolute Gasteiger partial charge is 0.430 e. The lowest BCUT2D eigenvalue weighted by Crippen LogP contribution is -2.49. The molecule has 1 amide bonds. The van der Waals surface area contributed by atoms with Crippen LogP contribution < -0.4 is 9.79 Å². The maximum absolute atomic E-state index is 11.1. The first-order chi connectivity index (χ1) is 5.83. The number of nitrogens with one attached hydrogen (secondary N) is 1. The molecular formula is C7H5BN3O. The average Bonchev–Trinajstić information content (AvgIpc) is 2.40. The van der Waals surface area contributed by atoms with Gasteiger partial charge in [0, 0.05) is 12.3 Å². The number of aromatic nitrogens is 1. The van der Waals surface area contributed by atoms with Crippen LogP contribution in [0.5, 0.6) is 0 Å². The first kappa shape index (κ1) is 6.86. The maximum atomic E-state index is 11.1. The zero-order valence-corrected chi connectivity index (χ0v) is 6.19. The number of nitriles is 1. The molecular weight excluding hydrogens is 153 g/mol. The highest BCUT2D eigenvalue weighted by Crippen LogP contribution is 2.05. The number of carbonyl (C=O) groups is 1. The molecule has 0 fully saturated rings. The predicted octanol–water partition coefficient (Wildman–Crippen LogP) is 0.00368. The van der Waals surface area contributed by atoms with Gasteiger partial charge in [-0.05, 0) is 6.07 Å². The van der Waals surface area contributed by atoms with Crippen LogP contribution >= 0.6 is 0 Å². The molecule has 1 aromatic heterocycles. The van der Waals surface area contributed by atoms with E-state index in [0.717, 1.165) is 0 Å². The smallest absolute Gasteiger partial charge is 0.335 e. The molecule has 1 radical (unpaired) electrons. The Kier molecular flexibility index (Phi) is 1.34. The second kappa shape index (κ2) is 2.34. The molecule has 0 bridgehead atoms. The Hall–Kier alpha value is -1.83. The molecule has 1 aromatic rings. The highest BCUT2D eigenvalue weighted by molar-refractivity contribution is 6.91. The van der Waals surface area contributed by atoms with Crippen molar-refractivity contribution in [3.63, 3.8) is 0 Å². The number of nitrogens with zero attached hydrogens (tertiary/aromatic N) is 2. The molecule has 0 spiro atoms. The fourth-order valence-electron chi connectivity index (χ4n) is 1.23. The van der Waals surface area contributed by atoms with Crippen LogP contribution in [-0.4, -0.2) is 12.7 Å². The van der Waals surface area contributed by atoms with Gasteiger partial charge in [0.25, 0.3) is 0 Å². The van der Waals surface area contributed by atoms with Crippen molar-refractivity contribution in [3.05, 3.63) is 24.4 Å². The summed E-state index contributed by atoms with van der Waals surface area (Å²) in [6, 6.07) is 5.36. The molecule has 1 aliphatic heterocycles. The van der Waals surface area contributed by atoms with Gasteiger partial charge in [-0.1, -0.05) is 6.07 Å². The summed E-state index contributed by atoms with van der Waals surface area (Å²) in [5, 5.41) is 11.3. The van der Waals surface area contributed by atoms with Gasteiger partial charge in [-0.2, -0.15) is 0 Å². The molecule has 5 heteroatoms. The molecule has 1 aliphatic rings. The fraction of sp³-hybridized carbons (Fsp3) is 0. The molecule has 0 unspecified atom stereocenters. The van der Waals surface area contributed by atoms with Gasteiger partial charge in [-0.15, -0.1) is 5.97 Å². The van der Waals surface area contributed by atoms with E-state index in [1.54, 1.807) is 22.8 Å². The van der Waals surface area contributed by atoms with E-state index in [1.807, 2.05) is 12.0 Å². The van der Waals surface area contributed by atoms with Gasteiger partial charge in [0.1, 0.15) is 0 Å². The van der Waals surface area contributed by atoms with Gasteiger partial charge in [0.2, 0.25) is 5.82 Å². The van der Waals surface area contributed by atoms with Crippen LogP contribution in [0.4, 0.5) is 10.6 Å². The van der Waals surface area contributed by atoms with Crippen molar-refractivity contribution in [3.8, 4) is 5.97 Å². The van der Waals surface area contributed by atoms with E-state index in [9.17, 15) is 4.79 Å². The molecule has 2 rings (SSSR count). The second-order valence-corrected chi connectivity index (χ2v) is 2.51. The minimum absolute atomic E-state index is 0.260. The lowest BCUT2D eigenvalue weighted by molar-refractivity contribution is -0.512. The molecule has 0 aliphatic carbocycles. The third kappa shape index (κ3) is 0.784. The van der Waals surface area contributed by atoms with Gasteiger partial charge in [-0.25, -0.2) is 10.6 Å². The number of amides is 1. The van der Waals surface area contributed by atoms with Crippen molar-refractivity contribution in [1.82, 2.24) is 0 Å². The van der Waals surface area contributed by atoms with Crippen LogP contribution in [0.15, 0.2) is 24.4 Å². The quantitative estimate of drug-likeness (QED) is 0.540. The highest BCUT2D eigenvalue weighted by Gasteiger charge is 2.28. The number of hydrogen-bond donors (Lipinski definition) is 1. The van der Waals surface area contributed by atoms with Crippen molar-refractivity contribution >= 4 is 18.5 Å². The van der Waals surface area contributed by atoms with Crippen LogP contribution in [-0.2, 0) is 0 Å². The number of carbonyl (C=O) groups excluding carboxylic acids is 1. The number of rotatable bonds is 0. The lowest BCUT2D eigenvalue weighted by atomic mass is 9.64. The summed E-state index contributed by atoms with van der Waals surface area (Å²) in [6.07, 6.45) is 1.71. The van der Waals surface area contributed by atoms with Gasteiger partial charge in [0.05, 0.1) is 0 Å².